The van der Waals surface area contributed by atoms with Crippen LogP contribution >= 0.6 is 0 Å². The predicted molar refractivity (Wildman–Crippen MR) is 56.0 cm³/mol. The van der Waals surface area contributed by atoms with Crippen LogP contribution in [0.4, 0.5) is 0 Å². The van der Waals surface area contributed by atoms with Crippen molar-refractivity contribution in [2.45, 2.75) is 38.7 Å². The van der Waals surface area contributed by atoms with Crippen molar-refractivity contribution in [3.8, 4) is 0 Å². The summed E-state index contributed by atoms with van der Waals surface area (Å²) in [4.78, 5) is 4.31. The number of hydrogen-bond acceptors (Lipinski definition) is 2. The number of hydrogen-bond donors (Lipinski definition) is 1. The summed E-state index contributed by atoms with van der Waals surface area (Å²) >= 11 is 0. The third-order valence-corrected chi connectivity index (χ3v) is 2.85. The van der Waals surface area contributed by atoms with E-state index in [4.69, 9.17) is 0 Å². The van der Waals surface area contributed by atoms with Crippen molar-refractivity contribution < 1.29 is 5.11 Å². The zero-order valence-electron chi connectivity index (χ0n) is 8.77. The van der Waals surface area contributed by atoms with Gasteiger partial charge in [-0.1, -0.05) is 19.9 Å². The first-order valence-corrected chi connectivity index (χ1v) is 5.32. The molecule has 1 N–H and O–H groups in total. The van der Waals surface area contributed by atoms with Crippen molar-refractivity contribution >= 4 is 0 Å². The Kier molecular flexibility index (Phi) is 2.55. The first-order valence-electron chi connectivity index (χ1n) is 5.32. The van der Waals surface area contributed by atoms with Gasteiger partial charge in [-0.15, -0.1) is 0 Å². The van der Waals surface area contributed by atoms with E-state index in [9.17, 15) is 5.11 Å². The fourth-order valence-corrected chi connectivity index (χ4v) is 1.59. The maximum Gasteiger partial charge on any atom is 0.0987 e. The molecule has 14 heavy (non-hydrogen) atoms. The van der Waals surface area contributed by atoms with E-state index >= 15 is 0 Å². The molecular formula is C12H17NO. The van der Waals surface area contributed by atoms with Gasteiger partial charge in [0.2, 0.25) is 0 Å². The molecule has 0 saturated heterocycles. The number of aromatic nitrogens is 1. The Hall–Kier alpha value is -0.890. The van der Waals surface area contributed by atoms with Crippen LogP contribution in [0.2, 0.25) is 0 Å². The second-order valence-electron chi connectivity index (χ2n) is 4.45. The maximum absolute atomic E-state index is 9.83. The highest BCUT2D eigenvalue weighted by Gasteiger charge is 2.31. The number of pyridine rings is 1. The fraction of sp³-hybridized carbons (Fsp3) is 0.583. The summed E-state index contributed by atoms with van der Waals surface area (Å²) in [7, 11) is 0. The summed E-state index contributed by atoms with van der Waals surface area (Å²) in [5, 5.41) is 9.83. The molecule has 1 aliphatic rings. The molecule has 1 aliphatic carbocycles. The third-order valence-electron chi connectivity index (χ3n) is 2.85. The largest absolute Gasteiger partial charge is 0.387 e. The molecule has 0 radical (unpaired) electrons. The fourth-order valence-electron chi connectivity index (χ4n) is 1.59. The summed E-state index contributed by atoms with van der Waals surface area (Å²) in [6.45, 7) is 4.29. The highest BCUT2D eigenvalue weighted by atomic mass is 16.3. The lowest BCUT2D eigenvalue weighted by molar-refractivity contribution is 0.149. The Balaban J connectivity index is 2.12. The van der Waals surface area contributed by atoms with Gasteiger partial charge < -0.3 is 5.11 Å². The molecule has 76 valence electrons. The molecule has 1 aromatic heterocycles. The second-order valence-corrected chi connectivity index (χ2v) is 4.45. The van der Waals surface area contributed by atoms with Crippen LogP contribution in [0.5, 0.6) is 0 Å². The van der Waals surface area contributed by atoms with Crippen molar-refractivity contribution in [1.82, 2.24) is 4.98 Å². The van der Waals surface area contributed by atoms with Crippen LogP contribution in [-0.4, -0.2) is 10.1 Å². The molecule has 2 heteroatoms. The highest BCUT2D eigenvalue weighted by molar-refractivity contribution is 5.19. The number of aliphatic hydroxyl groups excluding tert-OH is 1. The van der Waals surface area contributed by atoms with Crippen LogP contribution in [0, 0.1) is 5.92 Å². The monoisotopic (exact) mass is 191 g/mol. The van der Waals surface area contributed by atoms with Crippen molar-refractivity contribution in [2.24, 2.45) is 5.92 Å². The maximum atomic E-state index is 9.83. The average molecular weight is 191 g/mol. The Bertz CT molecular complexity index is 301. The quantitative estimate of drug-likeness (QED) is 0.796. The van der Waals surface area contributed by atoms with Crippen molar-refractivity contribution in [2.75, 3.05) is 0 Å². The van der Waals surface area contributed by atoms with E-state index in [2.05, 4.69) is 24.9 Å². The number of rotatable bonds is 3. The van der Waals surface area contributed by atoms with Crippen molar-refractivity contribution in [3.05, 3.63) is 29.6 Å². The molecule has 0 bridgehead atoms. The minimum absolute atomic E-state index is 0.337. The van der Waals surface area contributed by atoms with E-state index in [-0.39, 0.29) is 6.10 Å². The van der Waals surface area contributed by atoms with E-state index in [1.54, 1.807) is 0 Å². The molecule has 0 aliphatic heterocycles. The minimum atomic E-state index is -0.337. The number of aliphatic hydroxyl groups is 1. The van der Waals surface area contributed by atoms with Crippen LogP contribution in [0.3, 0.4) is 0 Å². The molecule has 2 nitrogen and oxygen atoms in total. The van der Waals surface area contributed by atoms with Gasteiger partial charge in [-0.05, 0) is 36.3 Å². The van der Waals surface area contributed by atoms with Crippen molar-refractivity contribution in [1.29, 1.82) is 0 Å². The van der Waals surface area contributed by atoms with Gasteiger partial charge in [0.05, 0.1) is 11.8 Å². The van der Waals surface area contributed by atoms with Crippen LogP contribution in [0.25, 0.3) is 0 Å². The average Bonchev–Trinajstić information content (AvgIpc) is 3.00. The number of nitrogens with zero attached hydrogens (tertiary/aromatic N) is 1. The Labute approximate surface area is 85.0 Å². The zero-order chi connectivity index (χ0) is 10.1. The van der Waals surface area contributed by atoms with Gasteiger partial charge in [0.1, 0.15) is 0 Å². The molecule has 0 spiro atoms. The highest BCUT2D eigenvalue weighted by Crippen LogP contribution is 2.40. The third kappa shape index (κ3) is 1.95. The van der Waals surface area contributed by atoms with Crippen LogP contribution in [0.15, 0.2) is 18.3 Å². The zero-order valence-corrected chi connectivity index (χ0v) is 8.77. The van der Waals surface area contributed by atoms with Crippen LogP contribution < -0.4 is 0 Å². The summed E-state index contributed by atoms with van der Waals surface area (Å²) in [5.41, 5.74) is 2.06. The summed E-state index contributed by atoms with van der Waals surface area (Å²) < 4.78 is 0. The van der Waals surface area contributed by atoms with Gasteiger partial charge in [0.25, 0.3) is 0 Å². The lowest BCUT2D eigenvalue weighted by Gasteiger charge is -2.10. The summed E-state index contributed by atoms with van der Waals surface area (Å²) in [5.74, 6) is 0.974. The van der Waals surface area contributed by atoms with Gasteiger partial charge in [0.15, 0.2) is 0 Å². The summed E-state index contributed by atoms with van der Waals surface area (Å²) in [6.07, 6.45) is 3.84. The molecule has 0 amide bonds. The first kappa shape index (κ1) is 9.66. The summed E-state index contributed by atoms with van der Waals surface area (Å²) in [6, 6.07) is 4.02. The van der Waals surface area contributed by atoms with Gasteiger partial charge in [-0.3, -0.25) is 4.98 Å². The first-order chi connectivity index (χ1) is 6.68. The van der Waals surface area contributed by atoms with Crippen LogP contribution in [0.1, 0.15) is 50.0 Å². The van der Waals surface area contributed by atoms with E-state index in [0.717, 1.165) is 18.5 Å². The lowest BCUT2D eigenvalue weighted by atomic mass is 10.0. The Morgan fingerprint density at radius 1 is 1.36 bits per heavy atom. The minimum Gasteiger partial charge on any atom is -0.387 e. The second kappa shape index (κ2) is 3.70. The SMILES string of the molecule is CC(C)c1ccc(C(O)C2CC2)nc1. The molecule has 2 rings (SSSR count). The van der Waals surface area contributed by atoms with Gasteiger partial charge in [-0.25, -0.2) is 0 Å². The molecule has 1 aromatic rings. The van der Waals surface area contributed by atoms with Gasteiger partial charge in [0, 0.05) is 6.20 Å². The van der Waals surface area contributed by atoms with E-state index in [0.29, 0.717) is 11.8 Å². The molecule has 1 fully saturated rings. The predicted octanol–water partition coefficient (Wildman–Crippen LogP) is 2.65. The molecule has 1 unspecified atom stereocenters. The Morgan fingerprint density at radius 2 is 2.07 bits per heavy atom. The molecule has 1 atom stereocenters. The normalized spacial score (nSPS) is 18.6. The smallest absolute Gasteiger partial charge is 0.0987 e. The van der Waals surface area contributed by atoms with Crippen LogP contribution in [-0.2, 0) is 0 Å². The topological polar surface area (TPSA) is 33.1 Å². The Morgan fingerprint density at radius 3 is 2.50 bits per heavy atom. The lowest BCUT2D eigenvalue weighted by Crippen LogP contribution is -2.02. The van der Waals surface area contributed by atoms with E-state index < -0.39 is 0 Å². The van der Waals surface area contributed by atoms with E-state index in [1.165, 1.54) is 5.56 Å². The van der Waals surface area contributed by atoms with E-state index in [1.807, 2.05) is 12.3 Å². The molecule has 1 saturated carbocycles. The molecule has 1 heterocycles. The van der Waals surface area contributed by atoms with Gasteiger partial charge in [-0.2, -0.15) is 0 Å². The standard InChI is InChI=1S/C12H17NO/c1-8(2)10-5-6-11(13-7-10)12(14)9-3-4-9/h5-9,12,14H,3-4H2,1-2H3. The van der Waals surface area contributed by atoms with Crippen molar-refractivity contribution in [3.63, 3.8) is 0 Å². The molecule has 0 aromatic carbocycles. The van der Waals surface area contributed by atoms with Gasteiger partial charge >= 0.3 is 0 Å². The molecular weight excluding hydrogens is 174 g/mol.